The first kappa shape index (κ1) is 17.4. The molecule has 5 heteroatoms. The van der Waals surface area contributed by atoms with Crippen LogP contribution in [0, 0.1) is 0 Å². The summed E-state index contributed by atoms with van der Waals surface area (Å²) in [6.45, 7) is 4.03. The molecule has 5 nitrogen and oxygen atoms in total. The predicted octanol–water partition coefficient (Wildman–Crippen LogP) is 3.06. The van der Waals surface area contributed by atoms with Gasteiger partial charge in [-0.05, 0) is 54.8 Å². The highest BCUT2D eigenvalue weighted by molar-refractivity contribution is 5.72. The molecule has 0 aliphatic carbocycles. The Hall–Kier alpha value is -2.40. The second-order valence-corrected chi connectivity index (χ2v) is 6.47. The van der Waals surface area contributed by atoms with E-state index in [-0.39, 0.29) is 5.91 Å². The molecule has 2 aromatic rings. The van der Waals surface area contributed by atoms with E-state index in [2.05, 4.69) is 39.5 Å². The van der Waals surface area contributed by atoms with Crippen LogP contribution in [0.4, 0.5) is 0 Å². The van der Waals surface area contributed by atoms with Gasteiger partial charge in [0.05, 0.1) is 19.3 Å². The summed E-state index contributed by atoms with van der Waals surface area (Å²) in [7, 11) is 1.69. The van der Waals surface area contributed by atoms with Gasteiger partial charge >= 0.3 is 0 Å². The van der Waals surface area contributed by atoms with Crippen LogP contribution in [0.2, 0.25) is 0 Å². The molecule has 1 aromatic carbocycles. The Morgan fingerprint density at radius 3 is 2.84 bits per heavy atom. The summed E-state index contributed by atoms with van der Waals surface area (Å²) in [6, 6.07) is 12.9. The molecule has 1 amide bonds. The van der Waals surface area contributed by atoms with Crippen LogP contribution in [0.1, 0.15) is 42.6 Å². The molecular weight excluding hydrogens is 314 g/mol. The number of nitrogens with one attached hydrogen (secondary N) is 1. The largest absolute Gasteiger partial charge is 0.497 e. The number of ether oxygens (including phenoxy) is 1. The van der Waals surface area contributed by atoms with Gasteiger partial charge in [-0.1, -0.05) is 12.1 Å². The average Bonchev–Trinajstić information content (AvgIpc) is 3.09. The highest BCUT2D eigenvalue weighted by Gasteiger charge is 2.26. The Labute approximate surface area is 149 Å². The molecule has 0 saturated carbocycles. The predicted molar refractivity (Wildman–Crippen MR) is 97.1 cm³/mol. The first-order valence-electron chi connectivity index (χ1n) is 8.72. The molecule has 1 atom stereocenters. The molecule has 1 fully saturated rings. The minimum Gasteiger partial charge on any atom is -0.497 e. The summed E-state index contributed by atoms with van der Waals surface area (Å²) < 4.78 is 5.23. The molecule has 0 bridgehead atoms. The van der Waals surface area contributed by atoms with Crippen molar-refractivity contribution in [3.8, 4) is 5.75 Å². The third kappa shape index (κ3) is 4.57. The molecule has 132 valence electrons. The van der Waals surface area contributed by atoms with Crippen molar-refractivity contribution in [3.05, 3.63) is 59.4 Å². The van der Waals surface area contributed by atoms with E-state index in [1.807, 2.05) is 18.3 Å². The molecule has 1 aliphatic heterocycles. The molecular formula is C20H25N3O2. The van der Waals surface area contributed by atoms with Crippen LogP contribution in [0.5, 0.6) is 5.75 Å². The van der Waals surface area contributed by atoms with Gasteiger partial charge in [-0.15, -0.1) is 0 Å². The van der Waals surface area contributed by atoms with Gasteiger partial charge in [-0.25, -0.2) is 0 Å². The first-order valence-corrected chi connectivity index (χ1v) is 8.72. The topological polar surface area (TPSA) is 54.5 Å². The number of nitrogens with zero attached hydrogens (tertiary/aromatic N) is 2. The van der Waals surface area contributed by atoms with Crippen molar-refractivity contribution in [1.29, 1.82) is 0 Å². The average molecular weight is 339 g/mol. The summed E-state index contributed by atoms with van der Waals surface area (Å²) in [5.74, 6) is 0.854. The van der Waals surface area contributed by atoms with Crippen molar-refractivity contribution in [1.82, 2.24) is 15.2 Å². The number of rotatable bonds is 6. The number of methoxy groups -OCH3 is 1. The standard InChI is InChI=1S/C20H25N3O2/c1-15(24)22-13-18-12-17(9-10-21-18)20-4-3-11-23(20)14-16-5-7-19(25-2)8-6-16/h5-10,12,20H,3-4,11,13-14H2,1-2H3,(H,22,24). The SMILES string of the molecule is COc1ccc(CN2CCCC2c2ccnc(CNC(C)=O)c2)cc1. The fourth-order valence-electron chi connectivity index (χ4n) is 3.37. The Bertz CT molecular complexity index is 715. The van der Waals surface area contributed by atoms with Crippen LogP contribution < -0.4 is 10.1 Å². The normalized spacial score (nSPS) is 17.4. The lowest BCUT2D eigenvalue weighted by Gasteiger charge is -2.25. The molecule has 3 rings (SSSR count). The minimum atomic E-state index is -0.0331. The van der Waals surface area contributed by atoms with Crippen molar-refractivity contribution >= 4 is 5.91 Å². The molecule has 1 unspecified atom stereocenters. The number of carbonyl (C=O) groups is 1. The van der Waals surface area contributed by atoms with E-state index in [0.717, 1.165) is 31.0 Å². The van der Waals surface area contributed by atoms with Gasteiger partial charge in [0, 0.05) is 25.7 Å². The van der Waals surface area contributed by atoms with E-state index in [4.69, 9.17) is 4.74 Å². The van der Waals surface area contributed by atoms with Crippen LogP contribution in [-0.2, 0) is 17.9 Å². The molecule has 1 aliphatic rings. The quantitative estimate of drug-likeness (QED) is 0.879. The fourth-order valence-corrected chi connectivity index (χ4v) is 3.37. The highest BCUT2D eigenvalue weighted by Crippen LogP contribution is 2.33. The fraction of sp³-hybridized carbons (Fsp3) is 0.400. The zero-order valence-corrected chi connectivity index (χ0v) is 14.9. The van der Waals surface area contributed by atoms with E-state index in [0.29, 0.717) is 12.6 Å². The van der Waals surface area contributed by atoms with E-state index >= 15 is 0 Å². The lowest BCUT2D eigenvalue weighted by molar-refractivity contribution is -0.119. The van der Waals surface area contributed by atoms with E-state index in [9.17, 15) is 4.79 Å². The number of benzene rings is 1. The second-order valence-electron chi connectivity index (χ2n) is 6.47. The van der Waals surface area contributed by atoms with Crippen LogP contribution in [0.3, 0.4) is 0 Å². The zero-order valence-electron chi connectivity index (χ0n) is 14.9. The van der Waals surface area contributed by atoms with Gasteiger partial charge < -0.3 is 10.1 Å². The lowest BCUT2D eigenvalue weighted by atomic mass is 10.0. The zero-order chi connectivity index (χ0) is 17.6. The monoisotopic (exact) mass is 339 g/mol. The maximum absolute atomic E-state index is 11.1. The van der Waals surface area contributed by atoms with Gasteiger partial charge in [-0.3, -0.25) is 14.7 Å². The Morgan fingerprint density at radius 2 is 2.12 bits per heavy atom. The van der Waals surface area contributed by atoms with Gasteiger partial charge in [0.15, 0.2) is 0 Å². The number of aromatic nitrogens is 1. The third-order valence-corrected chi connectivity index (χ3v) is 4.65. The second kappa shape index (κ2) is 8.12. The molecule has 1 aromatic heterocycles. The minimum absolute atomic E-state index is 0.0331. The molecule has 1 N–H and O–H groups in total. The number of likely N-dealkylation sites (tertiary alicyclic amines) is 1. The van der Waals surface area contributed by atoms with Crippen LogP contribution in [0.25, 0.3) is 0 Å². The molecule has 0 radical (unpaired) electrons. The van der Waals surface area contributed by atoms with E-state index in [1.165, 1.54) is 24.5 Å². The maximum atomic E-state index is 11.1. The number of carbonyl (C=O) groups excluding carboxylic acids is 1. The van der Waals surface area contributed by atoms with Crippen LogP contribution >= 0.6 is 0 Å². The Balaban J connectivity index is 1.70. The summed E-state index contributed by atoms with van der Waals surface area (Å²) in [6.07, 6.45) is 4.19. The molecule has 0 spiro atoms. The molecule has 2 heterocycles. The van der Waals surface area contributed by atoms with Crippen molar-refractivity contribution in [3.63, 3.8) is 0 Å². The number of hydrogen-bond donors (Lipinski definition) is 1. The van der Waals surface area contributed by atoms with Crippen molar-refractivity contribution < 1.29 is 9.53 Å². The van der Waals surface area contributed by atoms with Crippen LogP contribution in [0.15, 0.2) is 42.6 Å². The summed E-state index contributed by atoms with van der Waals surface area (Å²) in [5.41, 5.74) is 3.48. The first-order chi connectivity index (χ1) is 12.2. The van der Waals surface area contributed by atoms with Gasteiger partial charge in [-0.2, -0.15) is 0 Å². The highest BCUT2D eigenvalue weighted by atomic mass is 16.5. The number of amides is 1. The smallest absolute Gasteiger partial charge is 0.217 e. The Morgan fingerprint density at radius 1 is 1.32 bits per heavy atom. The van der Waals surface area contributed by atoms with E-state index < -0.39 is 0 Å². The summed E-state index contributed by atoms with van der Waals surface area (Å²) >= 11 is 0. The van der Waals surface area contributed by atoms with Crippen LogP contribution in [-0.4, -0.2) is 29.4 Å². The molecule has 1 saturated heterocycles. The van der Waals surface area contributed by atoms with Crippen molar-refractivity contribution in [2.24, 2.45) is 0 Å². The number of pyridine rings is 1. The lowest BCUT2D eigenvalue weighted by Crippen LogP contribution is -2.23. The molecule has 25 heavy (non-hydrogen) atoms. The maximum Gasteiger partial charge on any atom is 0.217 e. The van der Waals surface area contributed by atoms with Crippen molar-refractivity contribution in [2.45, 2.75) is 38.9 Å². The Kier molecular flexibility index (Phi) is 5.66. The van der Waals surface area contributed by atoms with Gasteiger partial charge in [0.1, 0.15) is 5.75 Å². The van der Waals surface area contributed by atoms with Gasteiger partial charge in [0.25, 0.3) is 0 Å². The summed E-state index contributed by atoms with van der Waals surface area (Å²) in [4.78, 5) is 18.0. The number of hydrogen-bond acceptors (Lipinski definition) is 4. The third-order valence-electron chi connectivity index (χ3n) is 4.65. The summed E-state index contributed by atoms with van der Waals surface area (Å²) in [5, 5.41) is 2.81. The van der Waals surface area contributed by atoms with Gasteiger partial charge in [0.2, 0.25) is 5.91 Å². The van der Waals surface area contributed by atoms with Crippen molar-refractivity contribution in [2.75, 3.05) is 13.7 Å². The van der Waals surface area contributed by atoms with E-state index in [1.54, 1.807) is 7.11 Å².